The van der Waals surface area contributed by atoms with Crippen LogP contribution in [0.1, 0.15) is 13.8 Å². The van der Waals surface area contributed by atoms with E-state index in [0.717, 1.165) is 4.43 Å². The zero-order chi connectivity index (χ0) is 8.77. The summed E-state index contributed by atoms with van der Waals surface area (Å²) in [4.78, 5) is 0. The van der Waals surface area contributed by atoms with Crippen LogP contribution < -0.4 is 0 Å². The van der Waals surface area contributed by atoms with Crippen LogP contribution in [0.3, 0.4) is 0 Å². The van der Waals surface area contributed by atoms with Crippen LogP contribution in [0.4, 0.5) is 0 Å². The maximum atomic E-state index is 5.72. The second kappa shape index (κ2) is 3.08. The van der Waals surface area contributed by atoms with Gasteiger partial charge in [0.15, 0.2) is 5.79 Å². The number of ether oxygens (including phenoxy) is 3. The second-order valence-corrected chi connectivity index (χ2v) is 4.55. The maximum absolute atomic E-state index is 5.72. The minimum absolute atomic E-state index is 0.150. The molecule has 0 aromatic carbocycles. The molecule has 2 saturated heterocycles. The van der Waals surface area contributed by atoms with Gasteiger partial charge in [0, 0.05) is 4.43 Å². The molecule has 0 N–H and O–H groups in total. The molecule has 3 nitrogen and oxygen atoms in total. The van der Waals surface area contributed by atoms with Crippen molar-refractivity contribution >= 4 is 22.6 Å². The molecule has 4 heteroatoms. The fraction of sp³-hybridized carbons (Fsp3) is 1.00. The average molecular weight is 284 g/mol. The number of fused-ring (bicyclic) bond motifs is 1. The lowest BCUT2D eigenvalue weighted by atomic mass is 10.2. The maximum Gasteiger partial charge on any atom is 0.164 e. The molecule has 0 unspecified atom stereocenters. The van der Waals surface area contributed by atoms with Crippen molar-refractivity contribution in [2.75, 3.05) is 11.0 Å². The van der Waals surface area contributed by atoms with Gasteiger partial charge in [-0.2, -0.15) is 0 Å². The summed E-state index contributed by atoms with van der Waals surface area (Å²) in [6.07, 6.45) is 0.522. The predicted molar refractivity (Wildman–Crippen MR) is 52.5 cm³/mol. The van der Waals surface area contributed by atoms with Crippen molar-refractivity contribution in [3.63, 3.8) is 0 Å². The zero-order valence-corrected chi connectivity index (χ0v) is 9.41. The molecule has 2 aliphatic rings. The van der Waals surface area contributed by atoms with Crippen LogP contribution in [0.2, 0.25) is 0 Å². The molecule has 0 spiro atoms. The lowest BCUT2D eigenvalue weighted by molar-refractivity contribution is -0.172. The van der Waals surface area contributed by atoms with Crippen molar-refractivity contribution in [1.29, 1.82) is 0 Å². The Labute approximate surface area is 85.9 Å². The van der Waals surface area contributed by atoms with E-state index < -0.39 is 5.79 Å². The van der Waals surface area contributed by atoms with Crippen LogP contribution in [-0.2, 0) is 14.2 Å². The van der Waals surface area contributed by atoms with Crippen LogP contribution >= 0.6 is 22.6 Å². The highest BCUT2D eigenvalue weighted by atomic mass is 127. The van der Waals surface area contributed by atoms with E-state index in [0.29, 0.717) is 6.61 Å². The number of hydrogen-bond acceptors (Lipinski definition) is 3. The highest BCUT2D eigenvalue weighted by Gasteiger charge is 2.49. The SMILES string of the molecule is CC1(C)O[C@H]2[C@H](CI)OC[C@@H]2O1. The van der Waals surface area contributed by atoms with Crippen LogP contribution in [0, 0.1) is 0 Å². The molecule has 0 bridgehead atoms. The standard InChI is InChI=1S/C8H13IO3/c1-8(2)11-6-4-10-5(3-9)7(6)12-8/h5-7H,3-4H2,1-2H3/t5-,6-,7-/m0/s1. The summed E-state index contributed by atoms with van der Waals surface area (Å²) in [6.45, 7) is 4.59. The largest absolute Gasteiger partial charge is 0.372 e. The molecule has 0 aromatic heterocycles. The molecule has 0 amide bonds. The third kappa shape index (κ3) is 1.49. The van der Waals surface area contributed by atoms with Crippen molar-refractivity contribution in [2.24, 2.45) is 0 Å². The summed E-state index contributed by atoms with van der Waals surface area (Å²) in [7, 11) is 0. The Morgan fingerprint density at radius 1 is 1.42 bits per heavy atom. The quantitative estimate of drug-likeness (QED) is 0.537. The van der Waals surface area contributed by atoms with Crippen molar-refractivity contribution in [1.82, 2.24) is 0 Å². The summed E-state index contributed by atoms with van der Waals surface area (Å²) in [6, 6.07) is 0. The molecular weight excluding hydrogens is 271 g/mol. The first kappa shape index (κ1) is 9.18. The fourth-order valence-electron chi connectivity index (χ4n) is 1.75. The third-order valence-electron chi connectivity index (χ3n) is 2.21. The van der Waals surface area contributed by atoms with Crippen molar-refractivity contribution in [3.05, 3.63) is 0 Å². The first-order valence-electron chi connectivity index (χ1n) is 4.15. The highest BCUT2D eigenvalue weighted by molar-refractivity contribution is 14.1. The molecular formula is C8H13IO3. The number of hydrogen-bond donors (Lipinski definition) is 0. The summed E-state index contributed by atoms with van der Waals surface area (Å²) < 4.78 is 17.9. The van der Waals surface area contributed by atoms with Crippen molar-refractivity contribution < 1.29 is 14.2 Å². The summed E-state index contributed by atoms with van der Waals surface area (Å²) in [5.74, 6) is -0.414. The lowest BCUT2D eigenvalue weighted by Gasteiger charge is -2.20. The Morgan fingerprint density at radius 2 is 2.17 bits per heavy atom. The van der Waals surface area contributed by atoms with Crippen LogP contribution in [-0.4, -0.2) is 35.1 Å². The Kier molecular flexibility index (Phi) is 2.35. The first-order chi connectivity index (χ1) is 5.62. The summed E-state index contributed by atoms with van der Waals surface area (Å²) >= 11 is 2.32. The Bertz CT molecular complexity index is 183. The van der Waals surface area contributed by atoms with Gasteiger partial charge in [-0.15, -0.1) is 0 Å². The van der Waals surface area contributed by atoms with Gasteiger partial charge in [-0.05, 0) is 13.8 Å². The van der Waals surface area contributed by atoms with Crippen LogP contribution in [0.25, 0.3) is 0 Å². The molecule has 3 atom stereocenters. The van der Waals surface area contributed by atoms with Crippen LogP contribution in [0.15, 0.2) is 0 Å². The fourth-order valence-corrected chi connectivity index (χ4v) is 2.51. The minimum Gasteiger partial charge on any atom is -0.372 e. The number of halogens is 1. The highest BCUT2D eigenvalue weighted by Crippen LogP contribution is 2.35. The molecule has 0 saturated carbocycles. The number of alkyl halides is 1. The van der Waals surface area contributed by atoms with Gasteiger partial charge in [-0.3, -0.25) is 0 Å². The van der Waals surface area contributed by atoms with Gasteiger partial charge in [0.2, 0.25) is 0 Å². The van der Waals surface area contributed by atoms with Gasteiger partial charge < -0.3 is 14.2 Å². The van der Waals surface area contributed by atoms with Crippen LogP contribution in [0.5, 0.6) is 0 Å². The topological polar surface area (TPSA) is 27.7 Å². The lowest BCUT2D eigenvalue weighted by Crippen LogP contribution is -2.30. The van der Waals surface area contributed by atoms with Crippen molar-refractivity contribution in [3.8, 4) is 0 Å². The summed E-state index contributed by atoms with van der Waals surface area (Å²) in [5, 5.41) is 0. The van der Waals surface area contributed by atoms with Gasteiger partial charge in [-0.1, -0.05) is 22.6 Å². The molecule has 70 valence electrons. The van der Waals surface area contributed by atoms with Gasteiger partial charge in [0.05, 0.1) is 12.7 Å². The molecule has 0 aromatic rings. The normalized spacial score (nSPS) is 44.8. The first-order valence-corrected chi connectivity index (χ1v) is 5.68. The van der Waals surface area contributed by atoms with E-state index >= 15 is 0 Å². The number of rotatable bonds is 1. The second-order valence-electron chi connectivity index (χ2n) is 3.66. The monoisotopic (exact) mass is 284 g/mol. The van der Waals surface area contributed by atoms with E-state index in [2.05, 4.69) is 22.6 Å². The van der Waals surface area contributed by atoms with Gasteiger partial charge in [-0.25, -0.2) is 0 Å². The Morgan fingerprint density at radius 3 is 2.83 bits per heavy atom. The Hall–Kier alpha value is 0.610. The molecule has 0 radical (unpaired) electrons. The van der Waals surface area contributed by atoms with E-state index in [1.165, 1.54) is 0 Å². The molecule has 2 rings (SSSR count). The minimum atomic E-state index is -0.414. The summed E-state index contributed by atoms with van der Waals surface area (Å²) in [5.41, 5.74) is 0. The predicted octanol–water partition coefficient (Wildman–Crippen LogP) is 1.34. The van der Waals surface area contributed by atoms with E-state index in [9.17, 15) is 0 Å². The molecule has 2 fully saturated rings. The van der Waals surface area contributed by atoms with E-state index in [4.69, 9.17) is 14.2 Å². The van der Waals surface area contributed by atoms with Gasteiger partial charge in [0.1, 0.15) is 12.2 Å². The van der Waals surface area contributed by atoms with E-state index in [-0.39, 0.29) is 18.3 Å². The zero-order valence-electron chi connectivity index (χ0n) is 7.25. The Balaban J connectivity index is 2.06. The smallest absolute Gasteiger partial charge is 0.164 e. The molecule has 2 aliphatic heterocycles. The van der Waals surface area contributed by atoms with E-state index in [1.807, 2.05) is 13.8 Å². The molecule has 12 heavy (non-hydrogen) atoms. The van der Waals surface area contributed by atoms with Gasteiger partial charge in [0.25, 0.3) is 0 Å². The molecule has 2 heterocycles. The van der Waals surface area contributed by atoms with Crippen molar-refractivity contribution in [2.45, 2.75) is 37.9 Å². The molecule has 0 aliphatic carbocycles. The van der Waals surface area contributed by atoms with E-state index in [1.54, 1.807) is 0 Å². The third-order valence-corrected chi connectivity index (χ3v) is 3.08. The average Bonchev–Trinajstić information content (AvgIpc) is 2.42. The van der Waals surface area contributed by atoms with Gasteiger partial charge >= 0.3 is 0 Å².